The summed E-state index contributed by atoms with van der Waals surface area (Å²) in [5.41, 5.74) is 7.82. The molecule has 0 radical (unpaired) electrons. The molecule has 0 spiro atoms. The monoisotopic (exact) mass is 325 g/mol. The normalized spacial score (nSPS) is 10.6. The van der Waals surface area contributed by atoms with Crippen molar-refractivity contribution >= 4 is 39.6 Å². The van der Waals surface area contributed by atoms with Gasteiger partial charge in [0.1, 0.15) is 15.8 Å². The number of anilines is 2. The molecule has 21 heavy (non-hydrogen) atoms. The Kier molecular flexibility index (Phi) is 5.13. The number of nitrogen functional groups attached to an aromatic ring is 1. The van der Waals surface area contributed by atoms with Crippen LogP contribution in [0.15, 0.2) is 5.38 Å². The summed E-state index contributed by atoms with van der Waals surface area (Å²) >= 11 is 2.86. The molecule has 2 rings (SSSR count). The third-order valence-electron chi connectivity index (χ3n) is 2.93. The predicted octanol–water partition coefficient (Wildman–Crippen LogP) is 2.12. The molecule has 0 fully saturated rings. The van der Waals surface area contributed by atoms with E-state index in [4.69, 9.17) is 5.73 Å². The first-order valence-electron chi connectivity index (χ1n) is 6.70. The summed E-state index contributed by atoms with van der Waals surface area (Å²) in [5.74, 6) is 0.444. The van der Waals surface area contributed by atoms with Gasteiger partial charge in [0.15, 0.2) is 0 Å². The average Bonchev–Trinajstić information content (AvgIpc) is 3.04. The molecule has 0 saturated heterocycles. The fourth-order valence-electron chi connectivity index (χ4n) is 1.95. The van der Waals surface area contributed by atoms with Crippen LogP contribution in [0.1, 0.15) is 19.0 Å². The number of rotatable bonds is 6. The number of nitrogens with two attached hydrogens (primary N) is 1. The van der Waals surface area contributed by atoms with Crippen LogP contribution in [0, 0.1) is 6.92 Å². The van der Waals surface area contributed by atoms with Crippen LogP contribution in [0.25, 0.3) is 10.6 Å². The molecule has 0 saturated carbocycles. The lowest BCUT2D eigenvalue weighted by molar-refractivity contribution is -0.119. The number of carbonyl (C=O) groups is 1. The van der Waals surface area contributed by atoms with E-state index >= 15 is 0 Å². The van der Waals surface area contributed by atoms with Crippen molar-refractivity contribution in [2.45, 2.75) is 20.3 Å². The highest BCUT2D eigenvalue weighted by atomic mass is 32.1. The topological polar surface area (TPSA) is 84.1 Å². The van der Waals surface area contributed by atoms with Crippen LogP contribution in [0.4, 0.5) is 10.8 Å². The number of nitrogens with one attached hydrogen (secondary N) is 1. The first-order chi connectivity index (χ1) is 10.1. The zero-order valence-corrected chi connectivity index (χ0v) is 14.0. The lowest BCUT2D eigenvalue weighted by atomic mass is 10.3. The minimum absolute atomic E-state index is 0.0308. The minimum atomic E-state index is -0.0308. The van der Waals surface area contributed by atoms with E-state index in [2.05, 4.69) is 21.6 Å². The summed E-state index contributed by atoms with van der Waals surface area (Å²) in [6, 6.07) is 0. The summed E-state index contributed by atoms with van der Waals surface area (Å²) in [7, 11) is 1.64. The molecule has 0 aromatic carbocycles. The molecule has 3 N–H and O–H groups in total. The summed E-state index contributed by atoms with van der Waals surface area (Å²) < 4.78 is 4.25. The minimum Gasteiger partial charge on any atom is -0.382 e. The molecule has 0 bridgehead atoms. The molecule has 8 heteroatoms. The van der Waals surface area contributed by atoms with Crippen LogP contribution in [-0.2, 0) is 4.79 Å². The fourth-order valence-corrected chi connectivity index (χ4v) is 3.71. The Hall–Kier alpha value is -1.67. The summed E-state index contributed by atoms with van der Waals surface area (Å²) in [4.78, 5) is 18.2. The van der Waals surface area contributed by atoms with E-state index in [0.29, 0.717) is 12.4 Å². The molecule has 1 amide bonds. The quantitative estimate of drug-likeness (QED) is 0.850. The third-order valence-corrected chi connectivity index (χ3v) is 4.83. The van der Waals surface area contributed by atoms with Crippen molar-refractivity contribution in [1.29, 1.82) is 0 Å². The molecular weight excluding hydrogens is 306 g/mol. The number of likely N-dealkylation sites (N-methyl/N-ethyl adjacent to an activating group) is 1. The highest BCUT2D eigenvalue weighted by Gasteiger charge is 2.22. The van der Waals surface area contributed by atoms with Gasteiger partial charge in [-0.1, -0.05) is 6.92 Å². The number of thiazole rings is 1. The predicted molar refractivity (Wildman–Crippen MR) is 88.9 cm³/mol. The van der Waals surface area contributed by atoms with Gasteiger partial charge in [-0.05, 0) is 24.9 Å². The molecule has 2 aromatic heterocycles. The highest BCUT2D eigenvalue weighted by molar-refractivity contribution is 7.15. The van der Waals surface area contributed by atoms with E-state index in [1.165, 1.54) is 11.5 Å². The largest absolute Gasteiger partial charge is 0.382 e. The summed E-state index contributed by atoms with van der Waals surface area (Å²) in [6.07, 6.45) is 0.936. The molecule has 0 atom stereocenters. The Labute approximate surface area is 132 Å². The Morgan fingerprint density at radius 1 is 1.52 bits per heavy atom. The smallest absolute Gasteiger partial charge is 0.239 e. The second-order valence-electron chi connectivity index (χ2n) is 4.64. The highest BCUT2D eigenvalue weighted by Crippen LogP contribution is 2.40. The number of nitrogens with zero attached hydrogens (tertiary/aromatic N) is 3. The van der Waals surface area contributed by atoms with Crippen molar-refractivity contribution in [3.05, 3.63) is 11.1 Å². The second kappa shape index (κ2) is 6.86. The molecule has 0 aliphatic carbocycles. The molecule has 0 aliphatic rings. The Morgan fingerprint density at radius 2 is 2.29 bits per heavy atom. The first kappa shape index (κ1) is 15.7. The SMILES string of the molecule is CCCN(CC(=O)NC)c1snc(N)c1-c1nc(C)cs1. The van der Waals surface area contributed by atoms with Crippen molar-refractivity contribution in [3.8, 4) is 10.6 Å². The molecule has 2 heterocycles. The maximum Gasteiger partial charge on any atom is 0.239 e. The van der Waals surface area contributed by atoms with Gasteiger partial charge in [-0.15, -0.1) is 11.3 Å². The van der Waals surface area contributed by atoms with E-state index in [0.717, 1.165) is 34.2 Å². The van der Waals surface area contributed by atoms with Gasteiger partial charge in [-0.2, -0.15) is 4.37 Å². The van der Waals surface area contributed by atoms with Gasteiger partial charge in [0.2, 0.25) is 5.91 Å². The molecule has 0 unspecified atom stereocenters. The average molecular weight is 325 g/mol. The van der Waals surface area contributed by atoms with Crippen LogP contribution in [-0.4, -0.2) is 35.4 Å². The standard InChI is InChI=1S/C13H19N5OS2/c1-4-5-18(6-9(19)15-3)13-10(11(14)17-21-13)12-16-8(2)7-20-12/h7H,4-6H2,1-3H3,(H2,14,17)(H,15,19). The van der Waals surface area contributed by atoms with E-state index in [1.807, 2.05) is 17.2 Å². The molecule has 0 aliphatic heterocycles. The molecule has 6 nitrogen and oxygen atoms in total. The molecule has 114 valence electrons. The van der Waals surface area contributed by atoms with E-state index in [-0.39, 0.29) is 5.91 Å². The number of carbonyl (C=O) groups excluding carboxylic acids is 1. The lowest BCUT2D eigenvalue weighted by Crippen LogP contribution is -2.36. The van der Waals surface area contributed by atoms with Gasteiger partial charge in [-0.25, -0.2) is 4.98 Å². The van der Waals surface area contributed by atoms with Gasteiger partial charge in [0.05, 0.1) is 12.1 Å². The van der Waals surface area contributed by atoms with E-state index in [9.17, 15) is 4.79 Å². The molecule has 2 aromatic rings. The van der Waals surface area contributed by atoms with Crippen LogP contribution >= 0.6 is 22.9 Å². The van der Waals surface area contributed by atoms with Crippen molar-refractivity contribution in [3.63, 3.8) is 0 Å². The van der Waals surface area contributed by atoms with Gasteiger partial charge in [0, 0.05) is 24.7 Å². The van der Waals surface area contributed by atoms with Gasteiger partial charge >= 0.3 is 0 Å². The van der Waals surface area contributed by atoms with Crippen LogP contribution in [0.3, 0.4) is 0 Å². The van der Waals surface area contributed by atoms with Crippen molar-refractivity contribution in [1.82, 2.24) is 14.7 Å². The van der Waals surface area contributed by atoms with Gasteiger partial charge < -0.3 is 16.0 Å². The van der Waals surface area contributed by atoms with E-state index in [1.54, 1.807) is 18.4 Å². The molecular formula is C13H19N5OS2. The van der Waals surface area contributed by atoms with Gasteiger partial charge in [-0.3, -0.25) is 4.79 Å². The number of aromatic nitrogens is 2. The first-order valence-corrected chi connectivity index (χ1v) is 8.35. The second-order valence-corrected chi connectivity index (χ2v) is 6.25. The summed E-state index contributed by atoms with van der Waals surface area (Å²) in [6.45, 7) is 5.09. The zero-order chi connectivity index (χ0) is 15.4. The summed E-state index contributed by atoms with van der Waals surface area (Å²) in [5, 5.41) is 6.40. The number of aryl methyl sites for hydroxylation is 1. The third kappa shape index (κ3) is 3.51. The Bertz CT molecular complexity index is 622. The van der Waals surface area contributed by atoms with Crippen LogP contribution in [0.2, 0.25) is 0 Å². The van der Waals surface area contributed by atoms with Crippen LogP contribution < -0.4 is 16.0 Å². The zero-order valence-electron chi connectivity index (χ0n) is 12.3. The van der Waals surface area contributed by atoms with Gasteiger partial charge in [0.25, 0.3) is 0 Å². The van der Waals surface area contributed by atoms with Crippen LogP contribution in [0.5, 0.6) is 0 Å². The maximum atomic E-state index is 11.7. The Morgan fingerprint density at radius 3 is 2.86 bits per heavy atom. The van der Waals surface area contributed by atoms with Crippen molar-refractivity contribution < 1.29 is 4.79 Å². The van der Waals surface area contributed by atoms with Crippen molar-refractivity contribution in [2.75, 3.05) is 30.8 Å². The number of hydrogen-bond acceptors (Lipinski definition) is 7. The van der Waals surface area contributed by atoms with Crippen molar-refractivity contribution in [2.24, 2.45) is 0 Å². The maximum absolute atomic E-state index is 11.7. The number of hydrogen-bond donors (Lipinski definition) is 2. The lowest BCUT2D eigenvalue weighted by Gasteiger charge is -2.22. The number of amides is 1. The van der Waals surface area contributed by atoms with E-state index < -0.39 is 0 Å². The fraction of sp³-hybridized carbons (Fsp3) is 0.462. The Balaban J connectivity index is 2.39.